The number of rotatable bonds is 8. The molecular weight excluding hydrogens is 404 g/mol. The Labute approximate surface area is 179 Å². The van der Waals surface area contributed by atoms with E-state index in [-0.39, 0.29) is 17.6 Å². The Bertz CT molecular complexity index is 1100. The quantitative estimate of drug-likeness (QED) is 0.537. The SMILES string of the molecule is COC[C@H](C)Oc1cc(C=Cc2ccc(F)cc2F)cc(C(=O)Nc2ccn(C)n2)c1. The molecule has 0 fully saturated rings. The van der Waals surface area contributed by atoms with Crippen LogP contribution in [0.25, 0.3) is 12.2 Å². The van der Waals surface area contributed by atoms with Crippen LogP contribution >= 0.6 is 0 Å². The van der Waals surface area contributed by atoms with Crippen molar-refractivity contribution in [2.45, 2.75) is 13.0 Å². The van der Waals surface area contributed by atoms with Crippen molar-refractivity contribution in [2.75, 3.05) is 19.0 Å². The fourth-order valence-electron chi connectivity index (χ4n) is 2.91. The molecule has 3 aromatic rings. The van der Waals surface area contributed by atoms with E-state index in [4.69, 9.17) is 9.47 Å². The fourth-order valence-corrected chi connectivity index (χ4v) is 2.91. The highest BCUT2D eigenvalue weighted by Crippen LogP contribution is 2.22. The molecule has 1 atom stereocenters. The highest BCUT2D eigenvalue weighted by atomic mass is 19.1. The third-order valence-corrected chi connectivity index (χ3v) is 4.30. The molecule has 1 heterocycles. The molecule has 31 heavy (non-hydrogen) atoms. The van der Waals surface area contributed by atoms with E-state index >= 15 is 0 Å². The van der Waals surface area contributed by atoms with Gasteiger partial charge in [0.2, 0.25) is 0 Å². The first-order valence-corrected chi connectivity index (χ1v) is 9.59. The number of carbonyl (C=O) groups excluding carboxylic acids is 1. The predicted octanol–water partition coefficient (Wildman–Crippen LogP) is 4.53. The molecule has 6 nitrogen and oxygen atoms in total. The molecule has 0 saturated heterocycles. The van der Waals surface area contributed by atoms with E-state index in [1.807, 2.05) is 6.92 Å². The summed E-state index contributed by atoms with van der Waals surface area (Å²) < 4.78 is 39.6. The van der Waals surface area contributed by atoms with Crippen LogP contribution in [0.4, 0.5) is 14.6 Å². The molecule has 2 aromatic carbocycles. The van der Waals surface area contributed by atoms with Crippen LogP contribution in [0.2, 0.25) is 0 Å². The number of hydrogen-bond donors (Lipinski definition) is 1. The van der Waals surface area contributed by atoms with Gasteiger partial charge in [0.1, 0.15) is 23.5 Å². The maximum Gasteiger partial charge on any atom is 0.257 e. The first-order valence-electron chi connectivity index (χ1n) is 9.59. The first kappa shape index (κ1) is 22.2. The average molecular weight is 427 g/mol. The van der Waals surface area contributed by atoms with Crippen molar-refractivity contribution in [3.63, 3.8) is 0 Å². The van der Waals surface area contributed by atoms with Crippen molar-refractivity contribution in [3.8, 4) is 5.75 Å². The minimum atomic E-state index is -0.675. The Kier molecular flexibility index (Phi) is 7.15. The molecule has 1 N–H and O–H groups in total. The van der Waals surface area contributed by atoms with E-state index in [2.05, 4.69) is 10.4 Å². The number of amides is 1. The third kappa shape index (κ3) is 6.23. The summed E-state index contributed by atoms with van der Waals surface area (Å²) >= 11 is 0. The summed E-state index contributed by atoms with van der Waals surface area (Å²) in [6.45, 7) is 2.21. The Balaban J connectivity index is 1.90. The second kappa shape index (κ2) is 9.99. The summed E-state index contributed by atoms with van der Waals surface area (Å²) in [5.74, 6) is -0.822. The van der Waals surface area contributed by atoms with E-state index in [0.29, 0.717) is 29.3 Å². The lowest BCUT2D eigenvalue weighted by Crippen LogP contribution is -2.19. The summed E-state index contributed by atoms with van der Waals surface area (Å²) in [7, 11) is 3.32. The van der Waals surface area contributed by atoms with E-state index in [9.17, 15) is 13.6 Å². The highest BCUT2D eigenvalue weighted by molar-refractivity contribution is 6.04. The maximum atomic E-state index is 13.9. The first-order chi connectivity index (χ1) is 14.8. The zero-order valence-electron chi connectivity index (χ0n) is 17.4. The molecule has 8 heteroatoms. The molecule has 162 valence electrons. The second-order valence-corrected chi connectivity index (χ2v) is 7.00. The summed E-state index contributed by atoms with van der Waals surface area (Å²) in [5, 5.41) is 6.86. The minimum Gasteiger partial charge on any atom is -0.488 e. The van der Waals surface area contributed by atoms with Crippen molar-refractivity contribution in [2.24, 2.45) is 7.05 Å². The Hall–Kier alpha value is -3.52. The van der Waals surface area contributed by atoms with Crippen LogP contribution < -0.4 is 10.1 Å². The zero-order chi connectivity index (χ0) is 22.4. The van der Waals surface area contributed by atoms with Crippen molar-refractivity contribution < 1.29 is 23.0 Å². The lowest BCUT2D eigenvalue weighted by atomic mass is 10.1. The van der Waals surface area contributed by atoms with E-state index in [0.717, 1.165) is 6.07 Å². The van der Waals surface area contributed by atoms with E-state index in [1.165, 1.54) is 18.2 Å². The molecule has 0 spiro atoms. The molecule has 0 saturated carbocycles. The van der Waals surface area contributed by atoms with Crippen LogP contribution in [0, 0.1) is 11.6 Å². The fraction of sp³-hybridized carbons (Fsp3) is 0.217. The maximum absolute atomic E-state index is 13.9. The van der Waals surface area contributed by atoms with Crippen LogP contribution in [0.15, 0.2) is 48.7 Å². The van der Waals surface area contributed by atoms with Gasteiger partial charge in [-0.05, 0) is 42.8 Å². The van der Waals surface area contributed by atoms with Crippen LogP contribution in [0.5, 0.6) is 5.75 Å². The average Bonchev–Trinajstić information content (AvgIpc) is 3.12. The third-order valence-electron chi connectivity index (χ3n) is 4.30. The summed E-state index contributed by atoms with van der Waals surface area (Å²) in [6.07, 6.45) is 4.60. The molecule has 0 aliphatic carbocycles. The van der Waals surface area contributed by atoms with Gasteiger partial charge in [-0.25, -0.2) is 8.78 Å². The zero-order valence-corrected chi connectivity index (χ0v) is 17.4. The number of nitrogens with zero attached hydrogens (tertiary/aromatic N) is 2. The Morgan fingerprint density at radius 2 is 2.00 bits per heavy atom. The number of hydrogen-bond acceptors (Lipinski definition) is 4. The number of aryl methyl sites for hydroxylation is 1. The molecule has 0 aliphatic heterocycles. The molecule has 0 bridgehead atoms. The molecule has 0 aliphatic rings. The predicted molar refractivity (Wildman–Crippen MR) is 115 cm³/mol. The number of aromatic nitrogens is 2. The molecule has 3 rings (SSSR count). The molecular formula is C23H23F2N3O3. The van der Waals surface area contributed by atoms with E-state index < -0.39 is 11.6 Å². The summed E-state index contributed by atoms with van der Waals surface area (Å²) in [6, 6.07) is 10.00. The summed E-state index contributed by atoms with van der Waals surface area (Å²) in [5.41, 5.74) is 1.17. The van der Waals surface area contributed by atoms with Gasteiger partial charge in [0.15, 0.2) is 5.82 Å². The molecule has 0 unspecified atom stereocenters. The number of nitrogens with one attached hydrogen (secondary N) is 1. The smallest absolute Gasteiger partial charge is 0.257 e. The minimum absolute atomic E-state index is 0.222. The normalized spacial score (nSPS) is 12.2. The van der Waals surface area contributed by atoms with Gasteiger partial charge in [0.05, 0.1) is 6.61 Å². The van der Waals surface area contributed by atoms with Gasteiger partial charge in [-0.1, -0.05) is 12.2 Å². The van der Waals surface area contributed by atoms with Gasteiger partial charge in [-0.3, -0.25) is 9.48 Å². The number of ether oxygens (including phenoxy) is 2. The summed E-state index contributed by atoms with van der Waals surface area (Å²) in [4.78, 5) is 12.7. The van der Waals surface area contributed by atoms with Gasteiger partial charge >= 0.3 is 0 Å². The monoisotopic (exact) mass is 427 g/mol. The number of halogens is 2. The Morgan fingerprint density at radius 3 is 2.68 bits per heavy atom. The van der Waals surface area contributed by atoms with Gasteiger partial charge in [-0.2, -0.15) is 5.10 Å². The second-order valence-electron chi connectivity index (χ2n) is 7.00. The molecule has 0 radical (unpaired) electrons. The molecule has 1 aromatic heterocycles. The number of carbonyl (C=O) groups is 1. The van der Waals surface area contributed by atoms with Crippen LogP contribution in [0.1, 0.15) is 28.4 Å². The van der Waals surface area contributed by atoms with Crippen molar-refractivity contribution >= 4 is 23.9 Å². The lowest BCUT2D eigenvalue weighted by molar-refractivity contribution is 0.0917. The van der Waals surface area contributed by atoms with Crippen molar-refractivity contribution in [3.05, 3.63) is 77.0 Å². The Morgan fingerprint density at radius 1 is 1.19 bits per heavy atom. The highest BCUT2D eigenvalue weighted by Gasteiger charge is 2.12. The van der Waals surface area contributed by atoms with Crippen molar-refractivity contribution in [1.29, 1.82) is 0 Å². The van der Waals surface area contributed by atoms with Crippen LogP contribution in [-0.4, -0.2) is 35.5 Å². The van der Waals surface area contributed by atoms with Gasteiger partial charge < -0.3 is 14.8 Å². The van der Waals surface area contributed by atoms with Gasteiger partial charge in [0, 0.05) is 43.6 Å². The standard InChI is InChI=1S/C23H23F2N3O3/c1-15(14-30-3)31-20-11-16(4-5-17-6-7-19(24)13-21(17)25)10-18(12-20)23(29)26-22-8-9-28(2)27-22/h4-13,15H,14H2,1-3H3,(H,26,27,29)/t15-/m0/s1. The largest absolute Gasteiger partial charge is 0.488 e. The van der Waals surface area contributed by atoms with Gasteiger partial charge in [-0.15, -0.1) is 0 Å². The van der Waals surface area contributed by atoms with Gasteiger partial charge in [0.25, 0.3) is 5.91 Å². The van der Waals surface area contributed by atoms with Crippen LogP contribution in [0.3, 0.4) is 0 Å². The van der Waals surface area contributed by atoms with E-state index in [1.54, 1.807) is 55.4 Å². The van der Waals surface area contributed by atoms with Crippen molar-refractivity contribution in [1.82, 2.24) is 9.78 Å². The number of methoxy groups -OCH3 is 1. The lowest BCUT2D eigenvalue weighted by Gasteiger charge is -2.15. The number of benzene rings is 2. The number of anilines is 1. The van der Waals surface area contributed by atoms with Crippen LogP contribution in [-0.2, 0) is 11.8 Å². The topological polar surface area (TPSA) is 65.4 Å². The molecule has 1 amide bonds.